The lowest BCUT2D eigenvalue weighted by atomic mass is 9.98. The molecule has 0 heterocycles. The smallest absolute Gasteiger partial charge is 0.407 e. The maximum Gasteiger partial charge on any atom is 0.407 e. The number of carbonyl (C=O) groups is 3. The van der Waals surface area contributed by atoms with Crippen LogP contribution in [0.15, 0.2) is 48.5 Å². The van der Waals surface area contributed by atoms with Gasteiger partial charge in [0.1, 0.15) is 13.2 Å². The lowest BCUT2D eigenvalue weighted by molar-refractivity contribution is -0.148. The number of carbonyl (C=O) groups excluding carboxylic acids is 2. The summed E-state index contributed by atoms with van der Waals surface area (Å²) in [6, 6.07) is 15.7. The van der Waals surface area contributed by atoms with Gasteiger partial charge in [-0.25, -0.2) is 4.79 Å². The van der Waals surface area contributed by atoms with Crippen LogP contribution in [0.5, 0.6) is 0 Å². The molecule has 0 saturated carbocycles. The monoisotopic (exact) mass is 466 g/mol. The number of hydrogen-bond acceptors (Lipinski definition) is 4. The third-order valence-corrected chi connectivity index (χ3v) is 6.25. The Morgan fingerprint density at radius 3 is 2.00 bits per heavy atom. The molecule has 34 heavy (non-hydrogen) atoms. The molecule has 1 aliphatic carbocycles. The fourth-order valence-electron chi connectivity index (χ4n) is 4.38. The number of nitrogens with zero attached hydrogens (tertiary/aromatic N) is 1. The van der Waals surface area contributed by atoms with E-state index in [1.807, 2.05) is 38.1 Å². The van der Waals surface area contributed by atoms with E-state index in [1.54, 1.807) is 20.8 Å². The Kier molecular flexibility index (Phi) is 7.64. The Morgan fingerprint density at radius 2 is 1.53 bits per heavy atom. The maximum absolute atomic E-state index is 12.9. The number of carboxylic acid groups (broad SMARTS) is 1. The summed E-state index contributed by atoms with van der Waals surface area (Å²) in [6.07, 6.45) is -0.597. The van der Waals surface area contributed by atoms with Crippen molar-refractivity contribution in [2.45, 2.75) is 58.5 Å². The summed E-state index contributed by atoms with van der Waals surface area (Å²) in [5.41, 5.74) is 3.90. The zero-order valence-corrected chi connectivity index (χ0v) is 20.5. The van der Waals surface area contributed by atoms with Gasteiger partial charge in [0, 0.05) is 23.9 Å². The fraction of sp³-hybridized carbons (Fsp3) is 0.444. The van der Waals surface area contributed by atoms with E-state index in [4.69, 9.17) is 4.74 Å². The van der Waals surface area contributed by atoms with Crippen molar-refractivity contribution < 1.29 is 24.2 Å². The van der Waals surface area contributed by atoms with E-state index in [0.29, 0.717) is 0 Å². The molecule has 2 amide bonds. The molecule has 7 nitrogen and oxygen atoms in total. The number of hydrogen-bond donors (Lipinski definition) is 2. The summed E-state index contributed by atoms with van der Waals surface area (Å²) in [5, 5.41) is 12.0. The molecule has 2 N–H and O–H groups in total. The predicted octanol–water partition coefficient (Wildman–Crippen LogP) is 4.65. The number of carboxylic acids is 1. The number of fused-ring (bicyclic) bond motifs is 3. The van der Waals surface area contributed by atoms with Gasteiger partial charge in [-0.2, -0.15) is 0 Å². The molecular weight excluding hydrogens is 432 g/mol. The highest BCUT2D eigenvalue weighted by molar-refractivity contribution is 5.83. The van der Waals surface area contributed by atoms with Gasteiger partial charge in [0.15, 0.2) is 0 Å². The highest BCUT2D eigenvalue weighted by Gasteiger charge is 2.32. The standard InChI is InChI=1S/C27H34N2O5/c1-17(2)23(14-24(30)29(15-25(31)32)27(3,4)5)28-26(33)34-16-22-20-12-8-6-10-18(20)19-11-7-9-13-21(19)22/h6-13,17,22-23H,14-16H2,1-5H3,(H,28,33)(H,31,32)/t23-/m1/s1. The van der Waals surface area contributed by atoms with E-state index in [2.05, 4.69) is 29.6 Å². The molecular formula is C27H34N2O5. The second kappa shape index (κ2) is 10.3. The summed E-state index contributed by atoms with van der Waals surface area (Å²) in [6.45, 7) is 8.97. The van der Waals surface area contributed by atoms with Crippen molar-refractivity contribution in [2.24, 2.45) is 5.92 Å². The van der Waals surface area contributed by atoms with Crippen molar-refractivity contribution in [3.8, 4) is 11.1 Å². The van der Waals surface area contributed by atoms with Gasteiger partial charge < -0.3 is 20.1 Å². The SMILES string of the molecule is CC(C)[C@@H](CC(=O)N(CC(=O)O)C(C)(C)C)NC(=O)OCC1c2ccccc2-c2ccccc21. The predicted molar refractivity (Wildman–Crippen MR) is 131 cm³/mol. The lowest BCUT2D eigenvalue weighted by Crippen LogP contribution is -2.51. The van der Waals surface area contributed by atoms with Gasteiger partial charge in [0.25, 0.3) is 0 Å². The normalized spacial score (nSPS) is 13.7. The Balaban J connectivity index is 1.66. The van der Waals surface area contributed by atoms with Crippen LogP contribution in [-0.2, 0) is 14.3 Å². The fourth-order valence-corrected chi connectivity index (χ4v) is 4.38. The van der Waals surface area contributed by atoms with Crippen LogP contribution in [-0.4, -0.2) is 52.7 Å². The molecule has 0 bridgehead atoms. The highest BCUT2D eigenvalue weighted by atomic mass is 16.5. The van der Waals surface area contributed by atoms with Crippen LogP contribution in [0.2, 0.25) is 0 Å². The molecule has 0 aliphatic heterocycles. The summed E-state index contributed by atoms with van der Waals surface area (Å²) >= 11 is 0. The molecule has 0 radical (unpaired) electrons. The molecule has 1 atom stereocenters. The number of aliphatic carboxylic acids is 1. The van der Waals surface area contributed by atoms with Crippen LogP contribution in [0, 0.1) is 5.92 Å². The third kappa shape index (κ3) is 5.76. The van der Waals surface area contributed by atoms with Crippen molar-refractivity contribution in [2.75, 3.05) is 13.2 Å². The number of alkyl carbamates (subject to hydrolysis) is 1. The van der Waals surface area contributed by atoms with Gasteiger partial charge in [-0.05, 0) is 48.9 Å². The molecule has 0 aromatic heterocycles. The van der Waals surface area contributed by atoms with E-state index in [0.717, 1.165) is 22.3 Å². The van der Waals surface area contributed by atoms with Crippen LogP contribution in [0.1, 0.15) is 58.1 Å². The molecule has 0 spiro atoms. The highest BCUT2D eigenvalue weighted by Crippen LogP contribution is 2.44. The molecule has 0 unspecified atom stereocenters. The summed E-state index contributed by atoms with van der Waals surface area (Å²) in [5.74, 6) is -1.50. The minimum Gasteiger partial charge on any atom is -0.480 e. The second-order valence-corrected chi connectivity index (χ2v) is 10.1. The minimum absolute atomic E-state index is 0.00753. The summed E-state index contributed by atoms with van der Waals surface area (Å²) in [7, 11) is 0. The van der Waals surface area contributed by atoms with Crippen molar-refractivity contribution >= 4 is 18.0 Å². The van der Waals surface area contributed by atoms with Crippen LogP contribution in [0.4, 0.5) is 4.79 Å². The average Bonchev–Trinajstić information content (AvgIpc) is 3.08. The first-order valence-corrected chi connectivity index (χ1v) is 11.6. The van der Waals surface area contributed by atoms with E-state index >= 15 is 0 Å². The van der Waals surface area contributed by atoms with Gasteiger partial charge >= 0.3 is 12.1 Å². The molecule has 7 heteroatoms. The largest absolute Gasteiger partial charge is 0.480 e. The number of ether oxygens (including phenoxy) is 1. The number of amides is 2. The van der Waals surface area contributed by atoms with Crippen molar-refractivity contribution in [1.82, 2.24) is 10.2 Å². The quantitative estimate of drug-likeness (QED) is 0.590. The van der Waals surface area contributed by atoms with Crippen LogP contribution in [0.25, 0.3) is 11.1 Å². The van der Waals surface area contributed by atoms with Gasteiger partial charge in [-0.3, -0.25) is 9.59 Å². The van der Waals surface area contributed by atoms with Crippen molar-refractivity contribution in [3.05, 3.63) is 59.7 Å². The van der Waals surface area contributed by atoms with Crippen molar-refractivity contribution in [1.29, 1.82) is 0 Å². The van der Waals surface area contributed by atoms with Gasteiger partial charge in [-0.15, -0.1) is 0 Å². The number of benzene rings is 2. The Morgan fingerprint density at radius 1 is 1.00 bits per heavy atom. The summed E-state index contributed by atoms with van der Waals surface area (Å²) in [4.78, 5) is 38.2. The van der Waals surface area contributed by atoms with Crippen molar-refractivity contribution in [3.63, 3.8) is 0 Å². The van der Waals surface area contributed by atoms with Gasteiger partial charge in [-0.1, -0.05) is 62.4 Å². The maximum atomic E-state index is 12.9. The van der Waals surface area contributed by atoms with E-state index in [9.17, 15) is 19.5 Å². The molecule has 3 rings (SSSR count). The van der Waals surface area contributed by atoms with Crippen LogP contribution < -0.4 is 5.32 Å². The molecule has 2 aromatic carbocycles. The van der Waals surface area contributed by atoms with Gasteiger partial charge in [0.2, 0.25) is 5.91 Å². The molecule has 182 valence electrons. The second-order valence-electron chi connectivity index (χ2n) is 10.1. The first-order valence-electron chi connectivity index (χ1n) is 11.6. The Bertz CT molecular complexity index is 1010. The third-order valence-electron chi connectivity index (χ3n) is 6.25. The lowest BCUT2D eigenvalue weighted by Gasteiger charge is -2.36. The minimum atomic E-state index is -1.08. The zero-order chi connectivity index (χ0) is 25.0. The average molecular weight is 467 g/mol. The Labute approximate surface area is 201 Å². The molecule has 2 aromatic rings. The molecule has 0 fully saturated rings. The zero-order valence-electron chi connectivity index (χ0n) is 20.5. The van der Waals surface area contributed by atoms with E-state index in [1.165, 1.54) is 4.90 Å². The van der Waals surface area contributed by atoms with E-state index < -0.39 is 30.2 Å². The van der Waals surface area contributed by atoms with Crippen LogP contribution in [0.3, 0.4) is 0 Å². The van der Waals surface area contributed by atoms with E-state index in [-0.39, 0.29) is 30.8 Å². The number of nitrogens with one attached hydrogen (secondary N) is 1. The number of rotatable bonds is 8. The summed E-state index contributed by atoms with van der Waals surface area (Å²) < 4.78 is 5.63. The topological polar surface area (TPSA) is 95.9 Å². The molecule has 0 saturated heterocycles. The van der Waals surface area contributed by atoms with Crippen LogP contribution >= 0.6 is 0 Å². The molecule has 1 aliphatic rings. The first kappa shape index (κ1) is 25.3. The van der Waals surface area contributed by atoms with Gasteiger partial charge in [0.05, 0.1) is 0 Å². The first-order chi connectivity index (χ1) is 16.0. The Hall–Kier alpha value is -3.35.